The average Bonchev–Trinajstić information content (AvgIpc) is 3.16. The van der Waals surface area contributed by atoms with Crippen LogP contribution in [0.3, 0.4) is 0 Å². The topological polar surface area (TPSA) is 45.7 Å². The predicted molar refractivity (Wildman–Crippen MR) is 100 cm³/mol. The Bertz CT molecular complexity index is 667. The van der Waals surface area contributed by atoms with E-state index in [2.05, 4.69) is 29.1 Å². The van der Waals surface area contributed by atoms with Crippen LogP contribution in [-0.4, -0.2) is 59.5 Å². The molecule has 1 amide bonds. The maximum absolute atomic E-state index is 12.6. The van der Waals surface area contributed by atoms with Gasteiger partial charge in [0, 0.05) is 37.7 Å². The summed E-state index contributed by atoms with van der Waals surface area (Å²) in [6.45, 7) is 4.26. The van der Waals surface area contributed by atoms with Crippen molar-refractivity contribution in [2.45, 2.75) is 44.2 Å². The fourth-order valence-electron chi connectivity index (χ4n) is 4.62. The van der Waals surface area contributed by atoms with Crippen molar-refractivity contribution in [3.8, 4) is 0 Å². The number of carbonyl (C=O) groups is 1. The van der Waals surface area contributed by atoms with Crippen LogP contribution in [0.2, 0.25) is 0 Å². The van der Waals surface area contributed by atoms with Gasteiger partial charge in [0.15, 0.2) is 0 Å². The first kappa shape index (κ1) is 17.7. The molecule has 4 rings (SSSR count). The Hall–Kier alpha value is -1.72. The van der Waals surface area contributed by atoms with Gasteiger partial charge in [0.1, 0.15) is 0 Å². The van der Waals surface area contributed by atoms with E-state index in [4.69, 9.17) is 4.74 Å². The molecule has 1 aromatic rings. The van der Waals surface area contributed by atoms with E-state index < -0.39 is 0 Å². The number of likely N-dealkylation sites (N-methyl/N-ethyl adjacent to an activating group) is 1. The van der Waals surface area contributed by atoms with Gasteiger partial charge in [0.25, 0.3) is 0 Å². The van der Waals surface area contributed by atoms with Crippen molar-refractivity contribution in [3.05, 3.63) is 41.7 Å². The molecule has 0 saturated carbocycles. The average molecular weight is 355 g/mol. The predicted octanol–water partition coefficient (Wildman–Crippen LogP) is 2.63. The number of ether oxygens (including phenoxy) is 1. The Morgan fingerprint density at radius 3 is 3.04 bits per heavy atom. The SMILES string of the molecule is CN1CC[C@H](COCc2cccnc2)CC12CN(C(=O)C1=CCCC1)C2. The summed E-state index contributed by atoms with van der Waals surface area (Å²) in [7, 11) is 2.21. The summed E-state index contributed by atoms with van der Waals surface area (Å²) in [6.07, 6.45) is 11.2. The molecule has 0 bridgehead atoms. The highest BCUT2D eigenvalue weighted by Gasteiger charge is 2.51. The van der Waals surface area contributed by atoms with E-state index in [1.807, 2.05) is 17.2 Å². The van der Waals surface area contributed by atoms with E-state index in [-0.39, 0.29) is 11.4 Å². The highest BCUT2D eigenvalue weighted by Crippen LogP contribution is 2.39. The molecule has 5 heteroatoms. The van der Waals surface area contributed by atoms with Gasteiger partial charge in [-0.15, -0.1) is 0 Å². The molecular formula is C21H29N3O2. The lowest BCUT2D eigenvalue weighted by molar-refractivity contribution is -0.147. The third kappa shape index (κ3) is 3.55. The summed E-state index contributed by atoms with van der Waals surface area (Å²) in [4.78, 5) is 21.2. The molecule has 0 unspecified atom stereocenters. The molecule has 3 heterocycles. The van der Waals surface area contributed by atoms with E-state index in [0.29, 0.717) is 12.5 Å². The zero-order valence-corrected chi connectivity index (χ0v) is 15.7. The fraction of sp³-hybridized carbons (Fsp3) is 0.619. The molecule has 0 N–H and O–H groups in total. The van der Waals surface area contributed by atoms with E-state index in [0.717, 1.165) is 63.1 Å². The van der Waals surface area contributed by atoms with Crippen LogP contribution >= 0.6 is 0 Å². The third-order valence-corrected chi connectivity index (χ3v) is 6.27. The van der Waals surface area contributed by atoms with Crippen LogP contribution in [0.25, 0.3) is 0 Å². The standard InChI is InChI=1S/C21H29N3O2/c1-23-10-8-17(13-26-14-18-5-4-9-22-12-18)11-21(23)15-24(16-21)20(25)19-6-2-3-7-19/h4-6,9,12,17H,2-3,7-8,10-11,13-16H2,1H3/t17-/m0/s1. The van der Waals surface area contributed by atoms with Gasteiger partial charge in [-0.2, -0.15) is 0 Å². The molecule has 26 heavy (non-hydrogen) atoms. The van der Waals surface area contributed by atoms with Gasteiger partial charge in [0.2, 0.25) is 5.91 Å². The van der Waals surface area contributed by atoms with Crippen molar-refractivity contribution >= 4 is 5.91 Å². The number of carbonyl (C=O) groups excluding carboxylic acids is 1. The molecule has 0 aromatic carbocycles. The molecule has 3 aliphatic rings. The van der Waals surface area contributed by atoms with Gasteiger partial charge in [-0.05, 0) is 63.2 Å². The van der Waals surface area contributed by atoms with Crippen molar-refractivity contribution in [1.29, 1.82) is 0 Å². The van der Waals surface area contributed by atoms with Crippen molar-refractivity contribution in [1.82, 2.24) is 14.8 Å². The number of amides is 1. The minimum Gasteiger partial charge on any atom is -0.376 e. The lowest BCUT2D eigenvalue weighted by atomic mass is 9.75. The Labute approximate surface area is 156 Å². The number of hydrogen-bond acceptors (Lipinski definition) is 4. The molecule has 5 nitrogen and oxygen atoms in total. The summed E-state index contributed by atoms with van der Waals surface area (Å²) in [5, 5.41) is 0. The van der Waals surface area contributed by atoms with Gasteiger partial charge in [-0.3, -0.25) is 14.7 Å². The number of aromatic nitrogens is 1. The molecule has 2 saturated heterocycles. The largest absolute Gasteiger partial charge is 0.376 e. The van der Waals surface area contributed by atoms with Crippen LogP contribution < -0.4 is 0 Å². The van der Waals surface area contributed by atoms with Gasteiger partial charge in [0.05, 0.1) is 12.1 Å². The van der Waals surface area contributed by atoms with Crippen molar-refractivity contribution in [2.75, 3.05) is 33.3 Å². The lowest BCUT2D eigenvalue weighted by Crippen LogP contribution is -2.72. The second kappa shape index (κ2) is 7.49. The zero-order chi connectivity index (χ0) is 18.0. The Kier molecular flexibility index (Phi) is 5.09. The van der Waals surface area contributed by atoms with Crippen LogP contribution in [-0.2, 0) is 16.1 Å². The molecule has 2 aliphatic heterocycles. The van der Waals surface area contributed by atoms with E-state index in [1.54, 1.807) is 6.20 Å². The number of nitrogens with zero attached hydrogens (tertiary/aromatic N) is 3. The van der Waals surface area contributed by atoms with Crippen LogP contribution in [0.5, 0.6) is 0 Å². The molecule has 1 aromatic heterocycles. The summed E-state index contributed by atoms with van der Waals surface area (Å²) in [6, 6.07) is 4.00. The zero-order valence-electron chi connectivity index (χ0n) is 15.7. The minimum absolute atomic E-state index is 0.162. The lowest BCUT2D eigenvalue weighted by Gasteiger charge is -2.58. The number of hydrogen-bond donors (Lipinski definition) is 0. The highest BCUT2D eigenvalue weighted by atomic mass is 16.5. The third-order valence-electron chi connectivity index (χ3n) is 6.27. The fourth-order valence-corrected chi connectivity index (χ4v) is 4.62. The van der Waals surface area contributed by atoms with Crippen molar-refractivity contribution in [3.63, 3.8) is 0 Å². The number of pyridine rings is 1. The first-order chi connectivity index (χ1) is 12.7. The molecule has 1 atom stereocenters. The number of allylic oxidation sites excluding steroid dienone is 1. The van der Waals surface area contributed by atoms with Crippen LogP contribution in [0.15, 0.2) is 36.2 Å². The molecule has 1 aliphatic carbocycles. The quantitative estimate of drug-likeness (QED) is 0.815. The minimum atomic E-state index is 0.162. The second-order valence-electron chi connectivity index (χ2n) is 8.16. The van der Waals surface area contributed by atoms with Gasteiger partial charge >= 0.3 is 0 Å². The number of piperidine rings is 1. The van der Waals surface area contributed by atoms with E-state index in [9.17, 15) is 4.79 Å². The first-order valence-electron chi connectivity index (χ1n) is 9.82. The van der Waals surface area contributed by atoms with Crippen molar-refractivity contribution < 1.29 is 9.53 Å². The Morgan fingerprint density at radius 1 is 1.42 bits per heavy atom. The van der Waals surface area contributed by atoms with E-state index in [1.165, 1.54) is 6.42 Å². The molecule has 0 radical (unpaired) electrons. The Morgan fingerprint density at radius 2 is 2.31 bits per heavy atom. The van der Waals surface area contributed by atoms with Gasteiger partial charge in [-0.25, -0.2) is 0 Å². The summed E-state index contributed by atoms with van der Waals surface area (Å²) < 4.78 is 5.96. The number of rotatable bonds is 5. The molecular weight excluding hydrogens is 326 g/mol. The van der Waals surface area contributed by atoms with Crippen LogP contribution in [0.4, 0.5) is 0 Å². The summed E-state index contributed by atoms with van der Waals surface area (Å²) >= 11 is 0. The van der Waals surface area contributed by atoms with E-state index >= 15 is 0 Å². The maximum atomic E-state index is 12.6. The maximum Gasteiger partial charge on any atom is 0.249 e. The second-order valence-corrected chi connectivity index (χ2v) is 8.16. The van der Waals surface area contributed by atoms with Crippen molar-refractivity contribution in [2.24, 2.45) is 5.92 Å². The summed E-state index contributed by atoms with van der Waals surface area (Å²) in [5.41, 5.74) is 2.32. The Balaban J connectivity index is 1.28. The monoisotopic (exact) mass is 355 g/mol. The van der Waals surface area contributed by atoms with Crippen LogP contribution in [0, 0.1) is 5.92 Å². The van der Waals surface area contributed by atoms with Gasteiger partial charge < -0.3 is 9.64 Å². The smallest absolute Gasteiger partial charge is 0.249 e. The van der Waals surface area contributed by atoms with Crippen LogP contribution in [0.1, 0.15) is 37.7 Å². The first-order valence-corrected chi connectivity index (χ1v) is 9.82. The highest BCUT2D eigenvalue weighted by molar-refractivity contribution is 5.94. The normalized spacial score (nSPS) is 25.2. The molecule has 2 fully saturated rings. The van der Waals surface area contributed by atoms with Gasteiger partial charge in [-0.1, -0.05) is 12.1 Å². The molecule has 140 valence electrons. The molecule has 1 spiro atoms. The summed E-state index contributed by atoms with van der Waals surface area (Å²) in [5.74, 6) is 0.849. The number of likely N-dealkylation sites (tertiary alicyclic amines) is 2.